The Morgan fingerprint density at radius 3 is 2.41 bits per heavy atom. The Hall–Kier alpha value is -3.33. The molecule has 0 aliphatic carbocycles. The average Bonchev–Trinajstić information content (AvgIpc) is 3.57. The van der Waals surface area contributed by atoms with Crippen LogP contribution in [0.4, 0.5) is 0 Å². The molecule has 1 aromatic heterocycles. The molecule has 0 N–H and O–H groups in total. The van der Waals surface area contributed by atoms with Gasteiger partial charge in [0, 0.05) is 31.8 Å². The van der Waals surface area contributed by atoms with E-state index in [2.05, 4.69) is 0 Å². The summed E-state index contributed by atoms with van der Waals surface area (Å²) in [7, 11) is 0. The fourth-order valence-electron chi connectivity index (χ4n) is 4.73. The molecule has 2 amide bonds. The van der Waals surface area contributed by atoms with Gasteiger partial charge in [-0.25, -0.2) is 9.36 Å². The third kappa shape index (κ3) is 4.04. The van der Waals surface area contributed by atoms with E-state index in [0.717, 1.165) is 30.5 Å². The Morgan fingerprint density at radius 1 is 0.941 bits per heavy atom. The Morgan fingerprint density at radius 2 is 1.65 bits per heavy atom. The Balaban J connectivity index is 1.44. The second-order valence-corrected chi connectivity index (χ2v) is 9.59. The number of hydrogen-bond acceptors (Lipinski definition) is 5. The van der Waals surface area contributed by atoms with Crippen molar-refractivity contribution >= 4 is 34.5 Å². The summed E-state index contributed by atoms with van der Waals surface area (Å²) < 4.78 is 2.64. The average molecular weight is 479 g/mol. The molecular formula is C25H26N4O4S. The third-order valence-corrected chi connectivity index (χ3v) is 7.53. The smallest absolute Gasteiger partial charge is 0.336 e. The molecule has 2 aliphatic heterocycles. The van der Waals surface area contributed by atoms with E-state index in [4.69, 9.17) is 0 Å². The standard InChI is InChI=1S/C25H26N4O4S/c30-22(28-17-34-16-21(28)24(32)26-13-6-7-14-26)12-15-27-20-11-5-4-10-19(20)23(31)29(25(27)33)18-8-2-1-3-9-18/h1-5,8-11,21H,6-7,12-17H2/t21-/m0/s1. The van der Waals surface area contributed by atoms with E-state index < -0.39 is 11.7 Å². The zero-order valence-electron chi connectivity index (χ0n) is 18.8. The third-order valence-electron chi connectivity index (χ3n) is 6.52. The maximum Gasteiger partial charge on any atom is 0.336 e. The van der Waals surface area contributed by atoms with Crippen LogP contribution >= 0.6 is 11.8 Å². The molecule has 9 heteroatoms. The lowest BCUT2D eigenvalue weighted by molar-refractivity contribution is -0.142. The number of rotatable bonds is 5. The second-order valence-electron chi connectivity index (χ2n) is 8.59. The first kappa shape index (κ1) is 22.5. The van der Waals surface area contributed by atoms with Crippen molar-refractivity contribution in [1.29, 1.82) is 0 Å². The summed E-state index contributed by atoms with van der Waals surface area (Å²) in [6, 6.07) is 15.3. The van der Waals surface area contributed by atoms with Gasteiger partial charge in [-0.2, -0.15) is 0 Å². The fraction of sp³-hybridized carbons (Fsp3) is 0.360. The topological polar surface area (TPSA) is 84.6 Å². The summed E-state index contributed by atoms with van der Waals surface area (Å²) in [5.41, 5.74) is 0.110. The van der Waals surface area contributed by atoms with Gasteiger partial charge in [0.2, 0.25) is 11.8 Å². The van der Waals surface area contributed by atoms with Crippen LogP contribution in [0, 0.1) is 0 Å². The van der Waals surface area contributed by atoms with Crippen LogP contribution in [0.3, 0.4) is 0 Å². The summed E-state index contributed by atoms with van der Waals surface area (Å²) in [6.07, 6.45) is 2.08. The van der Waals surface area contributed by atoms with Crippen molar-refractivity contribution in [3.8, 4) is 5.69 Å². The van der Waals surface area contributed by atoms with Crippen LogP contribution < -0.4 is 11.2 Å². The first-order chi connectivity index (χ1) is 16.6. The lowest BCUT2D eigenvalue weighted by Crippen LogP contribution is -2.48. The molecule has 0 radical (unpaired) electrons. The molecule has 2 saturated heterocycles. The fourth-order valence-corrected chi connectivity index (χ4v) is 5.91. The van der Waals surface area contributed by atoms with Gasteiger partial charge in [0.1, 0.15) is 6.04 Å². The van der Waals surface area contributed by atoms with Gasteiger partial charge in [-0.05, 0) is 37.1 Å². The number of aromatic nitrogens is 2. The molecule has 2 aliphatic rings. The van der Waals surface area contributed by atoms with Crippen molar-refractivity contribution in [2.75, 3.05) is 24.7 Å². The molecule has 2 fully saturated rings. The van der Waals surface area contributed by atoms with Crippen LogP contribution in [0.15, 0.2) is 64.2 Å². The van der Waals surface area contributed by atoms with Gasteiger partial charge < -0.3 is 9.80 Å². The number of carbonyl (C=O) groups is 2. The van der Waals surface area contributed by atoms with Crippen molar-refractivity contribution < 1.29 is 9.59 Å². The normalized spacial score (nSPS) is 18.1. The highest BCUT2D eigenvalue weighted by atomic mass is 32.2. The number of hydrogen-bond donors (Lipinski definition) is 0. The maximum atomic E-state index is 13.4. The number of amides is 2. The predicted molar refractivity (Wildman–Crippen MR) is 132 cm³/mol. The van der Waals surface area contributed by atoms with Gasteiger partial charge >= 0.3 is 5.69 Å². The van der Waals surface area contributed by atoms with Gasteiger partial charge in [0.25, 0.3) is 5.56 Å². The van der Waals surface area contributed by atoms with E-state index in [-0.39, 0.29) is 30.3 Å². The number of carbonyl (C=O) groups excluding carboxylic acids is 2. The number of thioether (sulfide) groups is 1. The number of aryl methyl sites for hydroxylation is 1. The molecule has 8 nitrogen and oxygen atoms in total. The molecule has 176 valence electrons. The monoisotopic (exact) mass is 478 g/mol. The Bertz CT molecular complexity index is 1340. The van der Waals surface area contributed by atoms with Gasteiger partial charge in [0.15, 0.2) is 0 Å². The minimum Gasteiger partial charge on any atom is -0.341 e. The molecule has 3 aromatic rings. The van der Waals surface area contributed by atoms with E-state index in [1.165, 1.54) is 4.57 Å². The number of fused-ring (bicyclic) bond motifs is 1. The summed E-state index contributed by atoms with van der Waals surface area (Å²) in [6.45, 7) is 1.63. The van der Waals surface area contributed by atoms with E-state index >= 15 is 0 Å². The minimum absolute atomic E-state index is 0.0242. The zero-order valence-corrected chi connectivity index (χ0v) is 19.6. The van der Waals surface area contributed by atoms with Crippen molar-refractivity contribution in [3.63, 3.8) is 0 Å². The summed E-state index contributed by atoms with van der Waals surface area (Å²) >= 11 is 1.58. The first-order valence-corrected chi connectivity index (χ1v) is 12.7. The van der Waals surface area contributed by atoms with Crippen LogP contribution in [0.5, 0.6) is 0 Å². The lowest BCUT2D eigenvalue weighted by Gasteiger charge is -2.27. The lowest BCUT2D eigenvalue weighted by atomic mass is 10.2. The quantitative estimate of drug-likeness (QED) is 0.561. The number of para-hydroxylation sites is 2. The maximum absolute atomic E-state index is 13.4. The van der Waals surface area contributed by atoms with Crippen molar-refractivity contribution in [3.05, 3.63) is 75.4 Å². The number of benzene rings is 2. The molecule has 3 heterocycles. The highest BCUT2D eigenvalue weighted by molar-refractivity contribution is 7.99. The van der Waals surface area contributed by atoms with Gasteiger partial charge in [-0.1, -0.05) is 30.3 Å². The summed E-state index contributed by atoms with van der Waals surface area (Å²) in [4.78, 5) is 56.1. The van der Waals surface area contributed by atoms with E-state index in [0.29, 0.717) is 28.2 Å². The first-order valence-electron chi connectivity index (χ1n) is 11.5. The summed E-state index contributed by atoms with van der Waals surface area (Å²) in [5, 5.41) is 0.414. The van der Waals surface area contributed by atoms with Crippen molar-refractivity contribution in [2.24, 2.45) is 0 Å². The van der Waals surface area contributed by atoms with Gasteiger partial charge in [-0.3, -0.25) is 19.0 Å². The molecular weight excluding hydrogens is 452 g/mol. The molecule has 0 bridgehead atoms. The van der Waals surface area contributed by atoms with Crippen molar-refractivity contribution in [1.82, 2.24) is 18.9 Å². The highest BCUT2D eigenvalue weighted by Gasteiger charge is 2.37. The number of nitrogens with zero attached hydrogens (tertiary/aromatic N) is 4. The molecule has 0 spiro atoms. The minimum atomic E-state index is -0.483. The molecule has 5 rings (SSSR count). The Kier molecular flexibility index (Phi) is 6.28. The van der Waals surface area contributed by atoms with Crippen LogP contribution in [-0.4, -0.2) is 61.5 Å². The van der Waals surface area contributed by atoms with E-state index in [1.54, 1.807) is 65.2 Å². The molecule has 0 saturated carbocycles. The van der Waals surface area contributed by atoms with E-state index in [1.807, 2.05) is 11.0 Å². The van der Waals surface area contributed by atoms with E-state index in [9.17, 15) is 19.2 Å². The van der Waals surface area contributed by atoms with Crippen LogP contribution in [0.1, 0.15) is 19.3 Å². The number of likely N-dealkylation sites (tertiary alicyclic amines) is 1. The molecule has 34 heavy (non-hydrogen) atoms. The van der Waals surface area contributed by atoms with Crippen LogP contribution in [0.2, 0.25) is 0 Å². The summed E-state index contributed by atoms with van der Waals surface area (Å²) in [5.74, 6) is 0.942. The molecule has 0 unspecified atom stereocenters. The van der Waals surface area contributed by atoms with Gasteiger partial charge in [-0.15, -0.1) is 11.8 Å². The SMILES string of the molecule is O=C([C@@H]1CSCN1C(=O)CCn1c(=O)n(-c2ccccc2)c(=O)c2ccccc21)N1CCCC1. The van der Waals surface area contributed by atoms with Crippen LogP contribution in [-0.2, 0) is 16.1 Å². The Labute approximate surface area is 200 Å². The van der Waals surface area contributed by atoms with Crippen molar-refractivity contribution in [2.45, 2.75) is 31.8 Å². The highest BCUT2D eigenvalue weighted by Crippen LogP contribution is 2.25. The zero-order chi connectivity index (χ0) is 23.7. The largest absolute Gasteiger partial charge is 0.341 e. The second kappa shape index (κ2) is 9.50. The van der Waals surface area contributed by atoms with Gasteiger partial charge in [0.05, 0.1) is 22.5 Å². The predicted octanol–water partition coefficient (Wildman–Crippen LogP) is 2.07. The molecule has 1 atom stereocenters. The van der Waals surface area contributed by atoms with Crippen LogP contribution in [0.25, 0.3) is 16.6 Å². The molecule has 2 aromatic carbocycles.